The Hall–Kier alpha value is -1.26. The second kappa shape index (κ2) is 8.02. The fourth-order valence-electron chi connectivity index (χ4n) is 3.62. The molecule has 126 valence electrons. The molecule has 1 aromatic rings. The molecular formula is C18H26ClN3O. The lowest BCUT2D eigenvalue weighted by molar-refractivity contribution is -0.122. The number of rotatable bonds is 5. The zero-order chi connectivity index (χ0) is 16.1. The van der Waals surface area contributed by atoms with Gasteiger partial charge in [-0.2, -0.15) is 0 Å². The maximum atomic E-state index is 12.2. The Labute approximate surface area is 143 Å². The van der Waals surface area contributed by atoms with Gasteiger partial charge in [0.15, 0.2) is 0 Å². The first-order valence-corrected chi connectivity index (χ1v) is 9.10. The smallest absolute Gasteiger partial charge is 0.220 e. The van der Waals surface area contributed by atoms with Crippen molar-refractivity contribution < 1.29 is 4.79 Å². The minimum absolute atomic E-state index is 0.197. The average molecular weight is 336 g/mol. The third-order valence-electron chi connectivity index (χ3n) is 4.92. The molecule has 2 saturated heterocycles. The molecule has 2 heterocycles. The summed E-state index contributed by atoms with van der Waals surface area (Å²) in [5, 5.41) is 7.36. The van der Waals surface area contributed by atoms with Crippen molar-refractivity contribution in [1.82, 2.24) is 10.6 Å². The minimum Gasteiger partial charge on any atom is -0.368 e. The number of halogens is 1. The van der Waals surface area contributed by atoms with Crippen LogP contribution in [0.1, 0.15) is 32.1 Å². The number of hydrogen-bond acceptors (Lipinski definition) is 3. The van der Waals surface area contributed by atoms with Crippen molar-refractivity contribution >= 4 is 23.2 Å². The summed E-state index contributed by atoms with van der Waals surface area (Å²) in [4.78, 5) is 14.5. The minimum atomic E-state index is 0.197. The highest BCUT2D eigenvalue weighted by atomic mass is 35.5. The number of hydrogen-bond donors (Lipinski definition) is 2. The van der Waals surface area contributed by atoms with E-state index in [1.165, 1.54) is 6.42 Å². The Morgan fingerprint density at radius 1 is 1.35 bits per heavy atom. The van der Waals surface area contributed by atoms with Gasteiger partial charge >= 0.3 is 0 Å². The van der Waals surface area contributed by atoms with E-state index in [4.69, 9.17) is 11.6 Å². The summed E-state index contributed by atoms with van der Waals surface area (Å²) in [5.41, 5.74) is 1.07. The average Bonchev–Trinajstić information content (AvgIpc) is 3.07. The van der Waals surface area contributed by atoms with Crippen LogP contribution in [0.15, 0.2) is 24.3 Å². The summed E-state index contributed by atoms with van der Waals surface area (Å²) in [5.74, 6) is 0.870. The van der Waals surface area contributed by atoms with Crippen LogP contribution in [-0.4, -0.2) is 38.1 Å². The number of amides is 1. The topological polar surface area (TPSA) is 44.4 Å². The molecule has 1 aromatic carbocycles. The first-order valence-electron chi connectivity index (χ1n) is 8.72. The second-order valence-corrected chi connectivity index (χ2v) is 7.11. The SMILES string of the molecule is O=C(CCC1CCNC1)NC1CCCN(c2ccccc2Cl)C1. The van der Waals surface area contributed by atoms with Crippen molar-refractivity contribution in [2.24, 2.45) is 5.92 Å². The van der Waals surface area contributed by atoms with Gasteiger partial charge in [0.05, 0.1) is 10.7 Å². The highest BCUT2D eigenvalue weighted by Crippen LogP contribution is 2.27. The number of nitrogens with one attached hydrogen (secondary N) is 2. The van der Waals surface area contributed by atoms with Gasteiger partial charge in [-0.15, -0.1) is 0 Å². The van der Waals surface area contributed by atoms with Gasteiger partial charge in [-0.3, -0.25) is 4.79 Å². The molecule has 2 atom stereocenters. The molecule has 2 unspecified atom stereocenters. The molecule has 0 aromatic heterocycles. The number of para-hydroxylation sites is 1. The number of anilines is 1. The first-order chi connectivity index (χ1) is 11.2. The van der Waals surface area contributed by atoms with Crippen LogP contribution >= 0.6 is 11.6 Å². The molecule has 0 aliphatic carbocycles. The zero-order valence-corrected chi connectivity index (χ0v) is 14.3. The molecule has 2 aliphatic rings. The van der Waals surface area contributed by atoms with E-state index in [1.54, 1.807) is 0 Å². The lowest BCUT2D eigenvalue weighted by Gasteiger charge is -2.35. The molecular weight excluding hydrogens is 310 g/mol. The highest BCUT2D eigenvalue weighted by molar-refractivity contribution is 6.33. The van der Waals surface area contributed by atoms with Gasteiger partial charge in [0.25, 0.3) is 0 Å². The number of benzene rings is 1. The van der Waals surface area contributed by atoms with Crippen molar-refractivity contribution in [1.29, 1.82) is 0 Å². The molecule has 2 fully saturated rings. The summed E-state index contributed by atoms with van der Waals surface area (Å²) in [6.45, 7) is 4.02. The van der Waals surface area contributed by atoms with Crippen LogP contribution < -0.4 is 15.5 Å². The summed E-state index contributed by atoms with van der Waals surface area (Å²) in [6, 6.07) is 8.18. The van der Waals surface area contributed by atoms with E-state index in [1.807, 2.05) is 18.2 Å². The van der Waals surface area contributed by atoms with Crippen LogP contribution in [0, 0.1) is 5.92 Å². The van der Waals surface area contributed by atoms with Crippen LogP contribution in [-0.2, 0) is 4.79 Å². The Morgan fingerprint density at radius 2 is 2.22 bits per heavy atom. The van der Waals surface area contributed by atoms with E-state index in [0.717, 1.165) is 56.2 Å². The van der Waals surface area contributed by atoms with Gasteiger partial charge in [-0.25, -0.2) is 0 Å². The normalized spacial score (nSPS) is 24.7. The van der Waals surface area contributed by atoms with Crippen LogP contribution in [0.3, 0.4) is 0 Å². The molecule has 0 spiro atoms. The van der Waals surface area contributed by atoms with Gasteiger partial charge in [0, 0.05) is 25.6 Å². The third kappa shape index (κ3) is 4.61. The molecule has 0 radical (unpaired) electrons. The Morgan fingerprint density at radius 3 is 3.00 bits per heavy atom. The van der Waals surface area contributed by atoms with Crippen LogP contribution in [0.2, 0.25) is 5.02 Å². The molecule has 3 rings (SSSR count). The maximum Gasteiger partial charge on any atom is 0.220 e. The maximum absolute atomic E-state index is 12.2. The van der Waals surface area contributed by atoms with E-state index in [0.29, 0.717) is 12.3 Å². The van der Waals surface area contributed by atoms with E-state index in [9.17, 15) is 4.79 Å². The van der Waals surface area contributed by atoms with E-state index in [-0.39, 0.29) is 11.9 Å². The number of piperidine rings is 1. The largest absolute Gasteiger partial charge is 0.368 e. The quantitative estimate of drug-likeness (QED) is 0.869. The standard InChI is InChI=1S/C18H26ClN3O/c19-16-5-1-2-6-17(16)22-11-3-4-15(13-22)21-18(23)8-7-14-9-10-20-12-14/h1-2,5-6,14-15,20H,3-4,7-13H2,(H,21,23). The molecule has 23 heavy (non-hydrogen) atoms. The molecule has 0 bridgehead atoms. The van der Waals surface area contributed by atoms with E-state index < -0.39 is 0 Å². The van der Waals surface area contributed by atoms with Crippen molar-refractivity contribution in [2.75, 3.05) is 31.1 Å². The number of carbonyl (C=O) groups excluding carboxylic acids is 1. The van der Waals surface area contributed by atoms with Gasteiger partial charge < -0.3 is 15.5 Å². The third-order valence-corrected chi connectivity index (χ3v) is 5.24. The molecule has 2 aliphatic heterocycles. The zero-order valence-electron chi connectivity index (χ0n) is 13.6. The van der Waals surface area contributed by atoms with Crippen LogP contribution in [0.25, 0.3) is 0 Å². The highest BCUT2D eigenvalue weighted by Gasteiger charge is 2.23. The van der Waals surface area contributed by atoms with E-state index in [2.05, 4.69) is 21.6 Å². The fourth-order valence-corrected chi connectivity index (χ4v) is 3.87. The summed E-state index contributed by atoms with van der Waals surface area (Å²) >= 11 is 6.30. The van der Waals surface area contributed by atoms with Crippen molar-refractivity contribution in [3.63, 3.8) is 0 Å². The Kier molecular flexibility index (Phi) is 5.79. The van der Waals surface area contributed by atoms with Crippen LogP contribution in [0.5, 0.6) is 0 Å². The number of nitrogens with zero attached hydrogens (tertiary/aromatic N) is 1. The Balaban J connectivity index is 1.48. The summed E-state index contributed by atoms with van der Waals surface area (Å²) < 4.78 is 0. The summed E-state index contributed by atoms with van der Waals surface area (Å²) in [6.07, 6.45) is 4.99. The van der Waals surface area contributed by atoms with Gasteiger partial charge in [0.1, 0.15) is 0 Å². The number of carbonyl (C=O) groups is 1. The van der Waals surface area contributed by atoms with Crippen molar-refractivity contribution in [3.8, 4) is 0 Å². The first kappa shape index (κ1) is 16.6. The van der Waals surface area contributed by atoms with Crippen molar-refractivity contribution in [3.05, 3.63) is 29.3 Å². The fraction of sp³-hybridized carbons (Fsp3) is 0.611. The van der Waals surface area contributed by atoms with Gasteiger partial charge in [-0.05, 0) is 56.8 Å². The van der Waals surface area contributed by atoms with Crippen molar-refractivity contribution in [2.45, 2.75) is 38.1 Å². The van der Waals surface area contributed by atoms with Gasteiger partial charge in [0.2, 0.25) is 5.91 Å². The molecule has 4 nitrogen and oxygen atoms in total. The monoisotopic (exact) mass is 335 g/mol. The molecule has 1 amide bonds. The molecule has 0 saturated carbocycles. The van der Waals surface area contributed by atoms with Crippen LogP contribution in [0.4, 0.5) is 5.69 Å². The molecule has 2 N–H and O–H groups in total. The second-order valence-electron chi connectivity index (χ2n) is 6.70. The van der Waals surface area contributed by atoms with Gasteiger partial charge in [-0.1, -0.05) is 23.7 Å². The predicted molar refractivity (Wildman–Crippen MR) is 95.0 cm³/mol. The van der Waals surface area contributed by atoms with E-state index >= 15 is 0 Å². The molecule has 5 heteroatoms. The Bertz CT molecular complexity index is 531. The lowest BCUT2D eigenvalue weighted by atomic mass is 10.0. The predicted octanol–water partition coefficient (Wildman–Crippen LogP) is 2.81. The summed E-state index contributed by atoms with van der Waals surface area (Å²) in [7, 11) is 0. The lowest BCUT2D eigenvalue weighted by Crippen LogP contribution is -2.48.